The van der Waals surface area contributed by atoms with Gasteiger partial charge in [-0.15, -0.1) is 12.6 Å². The smallest absolute Gasteiger partial charge is 1.00 e. The molecular weight excluding hydrogens is 135 g/mol. The summed E-state index contributed by atoms with van der Waals surface area (Å²) in [5.41, 5.74) is 0. The maximum Gasteiger partial charge on any atom is 1.00 e. The van der Waals surface area contributed by atoms with Crippen molar-refractivity contribution in [3.05, 3.63) is 0 Å². The number of hydrogen-bond donors (Lipinski definition) is 1. The third-order valence-electron chi connectivity index (χ3n) is 0.494. The van der Waals surface area contributed by atoms with Gasteiger partial charge in [0, 0.05) is 5.92 Å². The van der Waals surface area contributed by atoms with Crippen LogP contribution in [-0.2, 0) is 4.79 Å². The Hall–Kier alpha value is 1.66. The van der Waals surface area contributed by atoms with E-state index in [1.165, 1.54) is 0 Å². The first-order chi connectivity index (χ1) is 2.64. The van der Waals surface area contributed by atoms with Gasteiger partial charge < -0.3 is 1.43 Å². The van der Waals surface area contributed by atoms with E-state index in [1.54, 1.807) is 0 Å². The standard InChI is InChI=1S/C4H8OS.K.H/c1-3(2)4(5)6;;/h3H,1-2H3,(H,5,6);;/q;+1;-1. The Labute approximate surface area is 93.6 Å². The van der Waals surface area contributed by atoms with Crippen molar-refractivity contribution in [2.45, 2.75) is 13.8 Å². The minimum Gasteiger partial charge on any atom is -1.00 e. The summed E-state index contributed by atoms with van der Waals surface area (Å²) in [4.78, 5) is 10.0. The maximum absolute atomic E-state index is 10.0. The Bertz CT molecular complexity index is 67.1. The Morgan fingerprint density at radius 1 is 1.71 bits per heavy atom. The second kappa shape index (κ2) is 5.79. The van der Waals surface area contributed by atoms with Crippen LogP contribution in [0.15, 0.2) is 0 Å². The fourth-order valence-corrected chi connectivity index (χ4v) is 0. The van der Waals surface area contributed by atoms with E-state index < -0.39 is 0 Å². The second-order valence-corrected chi connectivity index (χ2v) is 1.93. The van der Waals surface area contributed by atoms with Crippen LogP contribution < -0.4 is 51.4 Å². The Morgan fingerprint density at radius 2 is 1.86 bits per heavy atom. The molecule has 0 saturated carbocycles. The normalized spacial score (nSPS) is 8.00. The molecule has 0 rings (SSSR count). The minimum atomic E-state index is -0.0463. The monoisotopic (exact) mass is 144 g/mol. The average Bonchev–Trinajstić information content (AvgIpc) is 1.36. The van der Waals surface area contributed by atoms with Crippen molar-refractivity contribution in [2.75, 3.05) is 0 Å². The molecule has 0 aromatic rings. The second-order valence-electron chi connectivity index (χ2n) is 1.49. The van der Waals surface area contributed by atoms with Gasteiger partial charge in [-0.3, -0.25) is 4.79 Å². The zero-order valence-electron chi connectivity index (χ0n) is 5.93. The number of thiol groups is 1. The predicted octanol–water partition coefficient (Wildman–Crippen LogP) is -1.78. The number of hydrogen-bond acceptors (Lipinski definition) is 1. The van der Waals surface area contributed by atoms with Crippen LogP contribution in [0.4, 0.5) is 0 Å². The maximum atomic E-state index is 10.0. The molecule has 0 fully saturated rings. The van der Waals surface area contributed by atoms with E-state index in [0.29, 0.717) is 0 Å². The van der Waals surface area contributed by atoms with Crippen LogP contribution in [0.3, 0.4) is 0 Å². The summed E-state index contributed by atoms with van der Waals surface area (Å²) in [6, 6.07) is 0. The van der Waals surface area contributed by atoms with E-state index in [2.05, 4.69) is 12.6 Å². The molecule has 0 atom stereocenters. The zero-order chi connectivity index (χ0) is 5.15. The molecule has 0 amide bonds. The van der Waals surface area contributed by atoms with Gasteiger partial charge in [-0.05, 0) is 0 Å². The van der Waals surface area contributed by atoms with Crippen molar-refractivity contribution in [1.82, 2.24) is 0 Å². The summed E-state index contributed by atoms with van der Waals surface area (Å²) in [6.07, 6.45) is 0. The molecule has 0 radical (unpaired) electrons. The molecule has 7 heavy (non-hydrogen) atoms. The Balaban J connectivity index is -0.000000125. The van der Waals surface area contributed by atoms with Crippen LogP contribution in [0.5, 0.6) is 0 Å². The van der Waals surface area contributed by atoms with E-state index in [1.807, 2.05) is 13.8 Å². The van der Waals surface area contributed by atoms with Crippen LogP contribution in [0.1, 0.15) is 15.3 Å². The van der Waals surface area contributed by atoms with Crippen molar-refractivity contribution in [3.8, 4) is 0 Å². The molecular formula is C4H9KOS. The summed E-state index contributed by atoms with van der Waals surface area (Å²) in [6.45, 7) is 3.63. The summed E-state index contributed by atoms with van der Waals surface area (Å²) in [7, 11) is 0. The van der Waals surface area contributed by atoms with Gasteiger partial charge in [-0.25, -0.2) is 0 Å². The van der Waals surface area contributed by atoms with Crippen molar-refractivity contribution in [1.29, 1.82) is 0 Å². The van der Waals surface area contributed by atoms with Crippen LogP contribution in [0, 0.1) is 5.92 Å². The van der Waals surface area contributed by atoms with Crippen molar-refractivity contribution < 1.29 is 57.6 Å². The molecule has 0 unspecified atom stereocenters. The van der Waals surface area contributed by atoms with Crippen LogP contribution in [-0.4, -0.2) is 5.12 Å². The average molecular weight is 144 g/mol. The molecule has 0 spiro atoms. The summed E-state index contributed by atoms with van der Waals surface area (Å²) < 4.78 is 0. The van der Waals surface area contributed by atoms with Crippen LogP contribution in [0.2, 0.25) is 0 Å². The van der Waals surface area contributed by atoms with Crippen molar-refractivity contribution in [2.24, 2.45) is 5.92 Å². The first kappa shape index (κ1) is 11.5. The minimum absolute atomic E-state index is 0. The van der Waals surface area contributed by atoms with Gasteiger partial charge >= 0.3 is 51.4 Å². The van der Waals surface area contributed by atoms with Gasteiger partial charge in [-0.1, -0.05) is 13.8 Å². The van der Waals surface area contributed by atoms with E-state index in [4.69, 9.17) is 0 Å². The summed E-state index contributed by atoms with van der Waals surface area (Å²) in [5.74, 6) is 0.0772. The molecule has 0 N–H and O–H groups in total. The molecule has 0 aliphatic carbocycles. The topological polar surface area (TPSA) is 17.1 Å². The fourth-order valence-electron chi connectivity index (χ4n) is 0. The van der Waals surface area contributed by atoms with E-state index in [-0.39, 0.29) is 63.8 Å². The first-order valence-electron chi connectivity index (χ1n) is 1.87. The fraction of sp³-hybridized carbons (Fsp3) is 0.750. The molecule has 3 heteroatoms. The van der Waals surface area contributed by atoms with Gasteiger partial charge in [-0.2, -0.15) is 0 Å². The van der Waals surface area contributed by atoms with E-state index in [9.17, 15) is 4.79 Å². The molecule has 0 aliphatic heterocycles. The molecule has 0 aromatic carbocycles. The molecule has 0 bridgehead atoms. The zero-order valence-corrected chi connectivity index (χ0v) is 8.95. The van der Waals surface area contributed by atoms with E-state index >= 15 is 0 Å². The van der Waals surface area contributed by atoms with Crippen molar-refractivity contribution in [3.63, 3.8) is 0 Å². The van der Waals surface area contributed by atoms with Gasteiger partial charge in [0.25, 0.3) is 0 Å². The van der Waals surface area contributed by atoms with Gasteiger partial charge in [0.15, 0.2) is 5.12 Å². The third kappa shape index (κ3) is 7.66. The Kier molecular flexibility index (Phi) is 9.47. The number of carbonyl (C=O) groups is 1. The summed E-state index contributed by atoms with van der Waals surface area (Å²) >= 11 is 3.55. The van der Waals surface area contributed by atoms with Gasteiger partial charge in [0.2, 0.25) is 0 Å². The quantitative estimate of drug-likeness (QED) is 0.340. The van der Waals surface area contributed by atoms with Crippen molar-refractivity contribution >= 4 is 17.7 Å². The Morgan fingerprint density at radius 3 is 1.86 bits per heavy atom. The van der Waals surface area contributed by atoms with Crippen LogP contribution in [0.25, 0.3) is 0 Å². The third-order valence-corrected chi connectivity index (χ3v) is 1.01. The molecule has 0 saturated heterocycles. The van der Waals surface area contributed by atoms with Gasteiger partial charge in [0.05, 0.1) is 0 Å². The molecule has 38 valence electrons. The van der Waals surface area contributed by atoms with Crippen LogP contribution >= 0.6 is 12.6 Å². The number of carbonyl (C=O) groups excluding carboxylic acids is 1. The SMILES string of the molecule is CC(C)C(=O)S.[H-].[K+]. The summed E-state index contributed by atoms with van der Waals surface area (Å²) in [5, 5.41) is -0.0463. The van der Waals surface area contributed by atoms with Gasteiger partial charge in [0.1, 0.15) is 0 Å². The molecule has 0 heterocycles. The number of rotatable bonds is 1. The molecule has 1 nitrogen and oxygen atoms in total. The predicted molar refractivity (Wildman–Crippen MR) is 29.9 cm³/mol. The van der Waals surface area contributed by atoms with E-state index in [0.717, 1.165) is 0 Å². The largest absolute Gasteiger partial charge is 1.00 e. The molecule has 0 aromatic heterocycles. The molecule has 0 aliphatic rings. The first-order valence-corrected chi connectivity index (χ1v) is 2.32.